The van der Waals surface area contributed by atoms with Crippen molar-refractivity contribution >= 4 is 23.0 Å². The molecule has 2 heterocycles. The molecule has 1 amide bonds. The van der Waals surface area contributed by atoms with Gasteiger partial charge in [0.25, 0.3) is 0 Å². The molecule has 168 valence electrons. The number of benzene rings is 2. The molecule has 0 spiro atoms. The minimum absolute atomic E-state index is 0.0489. The van der Waals surface area contributed by atoms with Crippen molar-refractivity contribution in [3.05, 3.63) is 65.4 Å². The molecule has 6 nitrogen and oxygen atoms in total. The monoisotopic (exact) mass is 442 g/mol. The molecule has 1 aliphatic heterocycles. The zero-order valence-corrected chi connectivity index (χ0v) is 17.9. The Balaban J connectivity index is 1.53. The molecule has 1 aromatic heterocycles. The van der Waals surface area contributed by atoms with Crippen LogP contribution in [0.2, 0.25) is 0 Å². The summed E-state index contributed by atoms with van der Waals surface area (Å²) in [5.74, 6) is -0.721. The van der Waals surface area contributed by atoms with Crippen LogP contribution in [0.5, 0.6) is 5.75 Å². The Kier molecular flexibility index (Phi) is 6.12. The molecule has 4 rings (SSSR count). The average molecular weight is 442 g/mol. The molecular formula is C24H24F2N2O4. The van der Waals surface area contributed by atoms with Gasteiger partial charge < -0.3 is 18.9 Å². The number of ether oxygens (including phenoxy) is 2. The number of rotatable bonds is 4. The van der Waals surface area contributed by atoms with Crippen molar-refractivity contribution in [3.8, 4) is 5.75 Å². The minimum atomic E-state index is -0.481. The third kappa shape index (κ3) is 4.30. The molecule has 3 aromatic rings. The molecule has 0 saturated carbocycles. The number of hydrogen-bond donors (Lipinski definition) is 0. The summed E-state index contributed by atoms with van der Waals surface area (Å²) in [6.45, 7) is 2.92. The van der Waals surface area contributed by atoms with Gasteiger partial charge in [0, 0.05) is 29.7 Å². The van der Waals surface area contributed by atoms with Gasteiger partial charge in [0.05, 0.1) is 7.11 Å². The number of nitrogens with zero attached hydrogens (tertiary/aromatic N) is 2. The number of piperidine rings is 1. The largest absolute Gasteiger partial charge is 0.468 e. The van der Waals surface area contributed by atoms with Crippen LogP contribution in [-0.2, 0) is 16.1 Å². The molecule has 0 radical (unpaired) electrons. The average Bonchev–Trinajstić information content (AvgIpc) is 3.05. The van der Waals surface area contributed by atoms with Gasteiger partial charge in [-0.05, 0) is 73.7 Å². The summed E-state index contributed by atoms with van der Waals surface area (Å²) in [4.78, 5) is 26.0. The molecule has 32 heavy (non-hydrogen) atoms. The number of methoxy groups -OCH3 is 1. The summed E-state index contributed by atoms with van der Waals surface area (Å²) < 4.78 is 39.1. The lowest BCUT2D eigenvalue weighted by molar-refractivity contribution is -0.141. The molecule has 8 heteroatoms. The third-order valence-electron chi connectivity index (χ3n) is 6.03. The Morgan fingerprint density at radius 2 is 1.69 bits per heavy atom. The molecule has 0 atom stereocenters. The third-order valence-corrected chi connectivity index (χ3v) is 6.03. The van der Waals surface area contributed by atoms with Gasteiger partial charge in [-0.1, -0.05) is 0 Å². The predicted molar refractivity (Wildman–Crippen MR) is 115 cm³/mol. The van der Waals surface area contributed by atoms with E-state index in [1.807, 2.05) is 11.5 Å². The smallest absolute Gasteiger partial charge is 0.415 e. The standard InChI is InChI=1S/C24H24F2N2O4/c1-15-23(20-13-18(26)5-8-21(20)28(15)14-22(29)31-2)16-9-11-27(12-10-16)24(30)32-19-6-3-17(25)4-7-19/h3-8,13,16H,9-12,14H2,1-2H3. The van der Waals surface area contributed by atoms with Crippen molar-refractivity contribution in [1.82, 2.24) is 9.47 Å². The Morgan fingerprint density at radius 1 is 1.03 bits per heavy atom. The van der Waals surface area contributed by atoms with Gasteiger partial charge in [-0.2, -0.15) is 0 Å². The lowest BCUT2D eigenvalue weighted by atomic mass is 9.87. The van der Waals surface area contributed by atoms with Crippen LogP contribution in [0.4, 0.5) is 13.6 Å². The highest BCUT2D eigenvalue weighted by Gasteiger charge is 2.29. The number of carbonyl (C=O) groups excluding carboxylic acids is 2. The van der Waals surface area contributed by atoms with E-state index in [0.717, 1.165) is 22.2 Å². The quantitative estimate of drug-likeness (QED) is 0.546. The summed E-state index contributed by atoms with van der Waals surface area (Å²) in [6.07, 6.45) is 0.867. The molecule has 1 saturated heterocycles. The lowest BCUT2D eigenvalue weighted by Gasteiger charge is -2.31. The molecule has 0 aliphatic carbocycles. The number of esters is 1. The first-order valence-electron chi connectivity index (χ1n) is 10.4. The first-order chi connectivity index (χ1) is 15.4. The van der Waals surface area contributed by atoms with Crippen LogP contribution in [0, 0.1) is 18.6 Å². The topological polar surface area (TPSA) is 60.8 Å². The van der Waals surface area contributed by atoms with E-state index in [9.17, 15) is 18.4 Å². The number of likely N-dealkylation sites (tertiary alicyclic amines) is 1. The van der Waals surface area contributed by atoms with Crippen molar-refractivity contribution in [2.75, 3.05) is 20.2 Å². The van der Waals surface area contributed by atoms with Gasteiger partial charge in [-0.3, -0.25) is 4.79 Å². The summed E-state index contributed by atoms with van der Waals surface area (Å²) in [7, 11) is 1.34. The van der Waals surface area contributed by atoms with E-state index >= 15 is 0 Å². The van der Waals surface area contributed by atoms with Crippen LogP contribution in [0.1, 0.15) is 30.0 Å². The fourth-order valence-corrected chi connectivity index (χ4v) is 4.41. The zero-order valence-electron chi connectivity index (χ0n) is 17.9. The van der Waals surface area contributed by atoms with Crippen molar-refractivity contribution in [2.45, 2.75) is 32.2 Å². The normalized spacial score (nSPS) is 14.6. The lowest BCUT2D eigenvalue weighted by Crippen LogP contribution is -2.39. The van der Waals surface area contributed by atoms with E-state index in [-0.39, 0.29) is 30.0 Å². The van der Waals surface area contributed by atoms with Crippen molar-refractivity contribution in [3.63, 3.8) is 0 Å². The van der Waals surface area contributed by atoms with Crippen LogP contribution in [-0.4, -0.2) is 41.7 Å². The van der Waals surface area contributed by atoms with E-state index in [1.165, 1.54) is 43.5 Å². The summed E-state index contributed by atoms with van der Waals surface area (Å²) in [5, 5.41) is 0.777. The first kappa shape index (κ1) is 21.8. The predicted octanol–water partition coefficient (Wildman–Crippen LogP) is 4.78. The highest BCUT2D eigenvalue weighted by Crippen LogP contribution is 2.38. The minimum Gasteiger partial charge on any atom is -0.468 e. The number of carbonyl (C=O) groups is 2. The van der Waals surface area contributed by atoms with Gasteiger partial charge in [0.1, 0.15) is 23.9 Å². The zero-order chi connectivity index (χ0) is 22.8. The molecule has 1 aliphatic rings. The van der Waals surface area contributed by atoms with E-state index in [2.05, 4.69) is 0 Å². The van der Waals surface area contributed by atoms with Crippen molar-refractivity contribution < 1.29 is 27.8 Å². The fraction of sp³-hybridized carbons (Fsp3) is 0.333. The van der Waals surface area contributed by atoms with Crippen LogP contribution in [0.15, 0.2) is 42.5 Å². The summed E-state index contributed by atoms with van der Waals surface area (Å²) >= 11 is 0. The maximum Gasteiger partial charge on any atom is 0.415 e. The highest BCUT2D eigenvalue weighted by atomic mass is 19.1. The second kappa shape index (κ2) is 8.98. The van der Waals surface area contributed by atoms with E-state index in [1.54, 1.807) is 11.0 Å². The van der Waals surface area contributed by atoms with Crippen LogP contribution in [0.25, 0.3) is 10.9 Å². The number of aromatic nitrogens is 1. The van der Waals surface area contributed by atoms with Gasteiger partial charge in [0.15, 0.2) is 0 Å². The Bertz CT molecular complexity index is 1150. The van der Waals surface area contributed by atoms with Crippen LogP contribution >= 0.6 is 0 Å². The number of fused-ring (bicyclic) bond motifs is 1. The van der Waals surface area contributed by atoms with Crippen molar-refractivity contribution in [2.24, 2.45) is 0 Å². The highest BCUT2D eigenvalue weighted by molar-refractivity contribution is 5.87. The maximum atomic E-state index is 14.1. The summed E-state index contributed by atoms with van der Waals surface area (Å²) in [5.41, 5.74) is 2.67. The molecule has 0 N–H and O–H groups in total. The molecule has 1 fully saturated rings. The first-order valence-corrected chi connectivity index (χ1v) is 10.4. The fourth-order valence-electron chi connectivity index (χ4n) is 4.41. The number of hydrogen-bond acceptors (Lipinski definition) is 4. The van der Waals surface area contributed by atoms with Gasteiger partial charge in [-0.15, -0.1) is 0 Å². The Hall–Kier alpha value is -3.42. The van der Waals surface area contributed by atoms with Gasteiger partial charge in [0.2, 0.25) is 0 Å². The van der Waals surface area contributed by atoms with Crippen molar-refractivity contribution in [1.29, 1.82) is 0 Å². The van der Waals surface area contributed by atoms with Gasteiger partial charge in [-0.25, -0.2) is 13.6 Å². The van der Waals surface area contributed by atoms with E-state index < -0.39 is 11.9 Å². The molecule has 2 aromatic carbocycles. The Morgan fingerprint density at radius 3 is 2.34 bits per heavy atom. The van der Waals surface area contributed by atoms with E-state index in [0.29, 0.717) is 25.9 Å². The Labute approximate surface area is 184 Å². The summed E-state index contributed by atoms with van der Waals surface area (Å²) in [6, 6.07) is 9.86. The van der Waals surface area contributed by atoms with Gasteiger partial charge >= 0.3 is 12.1 Å². The van der Waals surface area contributed by atoms with E-state index in [4.69, 9.17) is 9.47 Å². The second-order valence-corrected chi connectivity index (χ2v) is 7.91. The second-order valence-electron chi connectivity index (χ2n) is 7.91. The number of amides is 1. The van der Waals surface area contributed by atoms with Crippen LogP contribution in [0.3, 0.4) is 0 Å². The maximum absolute atomic E-state index is 14.1. The number of halogens is 2. The SMILES string of the molecule is COC(=O)Cn1c(C)c(C2CCN(C(=O)Oc3ccc(F)cc3)CC2)c2cc(F)ccc21. The molecular weight excluding hydrogens is 418 g/mol. The molecule has 0 unspecified atom stereocenters. The molecule has 0 bridgehead atoms. The van der Waals surface area contributed by atoms with Crippen LogP contribution < -0.4 is 4.74 Å².